The molecule has 0 saturated carbocycles. The molecule has 0 radical (unpaired) electrons. The number of hydrogen-bond donors (Lipinski definition) is 1. The molecule has 12 nitrogen and oxygen atoms in total. The Bertz CT molecular complexity index is 510. The summed E-state index contributed by atoms with van der Waals surface area (Å²) in [6.45, 7) is 13.1. The zero-order valence-electron chi connectivity index (χ0n) is 24.0. The van der Waals surface area contributed by atoms with Crippen LogP contribution in [-0.2, 0) is 52.2 Å². The second-order valence-corrected chi connectivity index (χ2v) is 8.69. The van der Waals surface area contributed by atoms with E-state index in [4.69, 9.17) is 47.4 Å². The van der Waals surface area contributed by atoms with Crippen molar-refractivity contribution in [2.75, 3.05) is 132 Å². The first-order valence-corrected chi connectivity index (χ1v) is 14.4. The molecule has 12 heteroatoms. The molecule has 1 N–H and O–H groups in total. The summed E-state index contributed by atoms with van der Waals surface area (Å²) in [5.74, 6) is -0.184. The predicted molar refractivity (Wildman–Crippen MR) is 144 cm³/mol. The van der Waals surface area contributed by atoms with E-state index in [1.54, 1.807) is 0 Å². The maximum absolute atomic E-state index is 11.2. The quantitative estimate of drug-likeness (QED) is 0.0993. The largest absolute Gasteiger partial charge is 0.463 e. The van der Waals surface area contributed by atoms with Gasteiger partial charge in [-0.15, -0.1) is 0 Å². The van der Waals surface area contributed by atoms with E-state index in [0.29, 0.717) is 125 Å². The summed E-state index contributed by atoms with van der Waals surface area (Å²) >= 11 is 0. The van der Waals surface area contributed by atoms with E-state index in [1.807, 2.05) is 6.92 Å². The average Bonchev–Trinajstić information content (AvgIpc) is 2.95. The highest BCUT2D eigenvalue weighted by Gasteiger charge is 2.12. The van der Waals surface area contributed by atoms with Crippen molar-refractivity contribution in [2.45, 2.75) is 38.7 Å². The Morgan fingerprint density at radius 3 is 1.23 bits per heavy atom. The van der Waals surface area contributed by atoms with E-state index in [1.165, 1.54) is 0 Å². The van der Waals surface area contributed by atoms with Crippen LogP contribution >= 0.6 is 0 Å². The van der Waals surface area contributed by atoms with Crippen LogP contribution in [0.3, 0.4) is 0 Å². The lowest BCUT2D eigenvalue weighted by Crippen LogP contribution is -2.33. The third kappa shape index (κ3) is 27.0. The number of piperidine rings is 1. The van der Waals surface area contributed by atoms with Crippen molar-refractivity contribution in [3.05, 3.63) is 0 Å². The van der Waals surface area contributed by atoms with Gasteiger partial charge in [0.2, 0.25) is 0 Å². The molecule has 1 aliphatic heterocycles. The van der Waals surface area contributed by atoms with E-state index in [-0.39, 0.29) is 12.6 Å². The first-order chi connectivity index (χ1) is 19.3. The summed E-state index contributed by atoms with van der Waals surface area (Å²) in [7, 11) is 0. The molecule has 232 valence electrons. The van der Waals surface area contributed by atoms with Crippen LogP contribution in [0.5, 0.6) is 0 Å². The van der Waals surface area contributed by atoms with Gasteiger partial charge in [0, 0.05) is 6.42 Å². The Morgan fingerprint density at radius 1 is 0.538 bits per heavy atom. The smallest absolute Gasteiger partial charge is 0.305 e. The Morgan fingerprint density at radius 2 is 0.872 bits per heavy atom. The Kier molecular flexibility index (Phi) is 27.8. The van der Waals surface area contributed by atoms with E-state index >= 15 is 0 Å². The van der Waals surface area contributed by atoms with Crippen molar-refractivity contribution < 1.29 is 52.2 Å². The van der Waals surface area contributed by atoms with E-state index < -0.39 is 0 Å². The lowest BCUT2D eigenvalue weighted by Gasteiger charge is -2.22. The number of carbonyl (C=O) groups excluding carboxylic acids is 1. The zero-order valence-corrected chi connectivity index (χ0v) is 24.0. The standard InChI is InChI=1S/C27H53NO11/c1-2-3-27(29)39-25-23-37-21-19-35-17-15-33-13-11-31-9-8-30-10-12-32-14-16-34-18-20-36-22-24-38-26-4-6-28-7-5-26/h26,28H,2-25H2,1H3. The molecule has 0 aromatic carbocycles. The molecule has 0 unspecified atom stereocenters. The highest BCUT2D eigenvalue weighted by atomic mass is 16.6. The van der Waals surface area contributed by atoms with Crippen LogP contribution in [-0.4, -0.2) is 144 Å². The molecular formula is C27H53NO11. The fourth-order valence-corrected chi connectivity index (χ4v) is 3.37. The van der Waals surface area contributed by atoms with Crippen molar-refractivity contribution in [3.8, 4) is 0 Å². The highest BCUT2D eigenvalue weighted by molar-refractivity contribution is 5.69. The van der Waals surface area contributed by atoms with Gasteiger partial charge in [-0.25, -0.2) is 0 Å². The number of rotatable bonds is 30. The minimum Gasteiger partial charge on any atom is -0.463 e. The van der Waals surface area contributed by atoms with Crippen LogP contribution in [0.4, 0.5) is 0 Å². The van der Waals surface area contributed by atoms with Crippen LogP contribution in [0.1, 0.15) is 32.6 Å². The van der Waals surface area contributed by atoms with Crippen molar-refractivity contribution >= 4 is 5.97 Å². The van der Waals surface area contributed by atoms with Gasteiger partial charge in [-0.2, -0.15) is 0 Å². The van der Waals surface area contributed by atoms with E-state index in [0.717, 1.165) is 32.4 Å². The number of esters is 1. The normalized spacial score (nSPS) is 14.2. The molecular weight excluding hydrogens is 514 g/mol. The van der Waals surface area contributed by atoms with Gasteiger partial charge in [0.15, 0.2) is 0 Å². The zero-order chi connectivity index (χ0) is 27.9. The molecule has 0 aromatic rings. The van der Waals surface area contributed by atoms with Gasteiger partial charge < -0.3 is 52.7 Å². The van der Waals surface area contributed by atoms with Crippen LogP contribution in [0, 0.1) is 0 Å². The minimum atomic E-state index is -0.184. The van der Waals surface area contributed by atoms with Gasteiger partial charge >= 0.3 is 5.97 Å². The number of ether oxygens (including phenoxy) is 10. The van der Waals surface area contributed by atoms with Crippen molar-refractivity contribution in [2.24, 2.45) is 0 Å². The summed E-state index contributed by atoms with van der Waals surface area (Å²) in [6.07, 6.45) is 3.77. The molecule has 1 aliphatic rings. The SMILES string of the molecule is CCCC(=O)OCCOCCOCCOCCOCCOCCOCCOCCOCCOC1CCNCC1. The third-order valence-corrected chi connectivity index (χ3v) is 5.42. The van der Waals surface area contributed by atoms with Crippen LogP contribution in [0.15, 0.2) is 0 Å². The first kappa shape index (κ1) is 36.1. The van der Waals surface area contributed by atoms with Crippen LogP contribution in [0.25, 0.3) is 0 Å². The monoisotopic (exact) mass is 567 g/mol. The van der Waals surface area contributed by atoms with Gasteiger partial charge in [0.1, 0.15) is 6.61 Å². The summed E-state index contributed by atoms with van der Waals surface area (Å²) in [4.78, 5) is 11.2. The topological polar surface area (TPSA) is 121 Å². The van der Waals surface area contributed by atoms with Gasteiger partial charge in [0.05, 0.1) is 118 Å². The minimum absolute atomic E-state index is 0.184. The van der Waals surface area contributed by atoms with E-state index in [2.05, 4.69) is 5.32 Å². The molecule has 0 bridgehead atoms. The summed E-state index contributed by atoms with van der Waals surface area (Å²) in [6, 6.07) is 0. The maximum atomic E-state index is 11.2. The molecule has 0 atom stereocenters. The van der Waals surface area contributed by atoms with Gasteiger partial charge in [-0.1, -0.05) is 6.92 Å². The van der Waals surface area contributed by atoms with Crippen molar-refractivity contribution in [1.82, 2.24) is 5.32 Å². The van der Waals surface area contributed by atoms with Gasteiger partial charge in [-0.05, 0) is 32.4 Å². The highest BCUT2D eigenvalue weighted by Crippen LogP contribution is 2.06. The second kappa shape index (κ2) is 30.0. The van der Waals surface area contributed by atoms with Gasteiger partial charge in [0.25, 0.3) is 0 Å². The Hall–Kier alpha value is -0.930. The fourth-order valence-electron chi connectivity index (χ4n) is 3.37. The third-order valence-electron chi connectivity index (χ3n) is 5.42. The molecule has 0 aliphatic carbocycles. The van der Waals surface area contributed by atoms with Gasteiger partial charge in [-0.3, -0.25) is 4.79 Å². The fraction of sp³-hybridized carbons (Fsp3) is 0.963. The predicted octanol–water partition coefficient (Wildman–Crippen LogP) is 1.23. The molecule has 0 aromatic heterocycles. The number of hydrogen-bond acceptors (Lipinski definition) is 12. The maximum Gasteiger partial charge on any atom is 0.305 e. The lowest BCUT2D eigenvalue weighted by molar-refractivity contribution is -0.145. The van der Waals surface area contributed by atoms with Crippen LogP contribution < -0.4 is 5.32 Å². The summed E-state index contributed by atoms with van der Waals surface area (Å²) in [5, 5.41) is 3.32. The molecule has 1 saturated heterocycles. The molecule has 1 heterocycles. The summed E-state index contributed by atoms with van der Waals surface area (Å²) < 4.78 is 54.3. The Balaban J connectivity index is 1.62. The first-order valence-electron chi connectivity index (χ1n) is 14.4. The number of carbonyl (C=O) groups is 1. The van der Waals surface area contributed by atoms with Crippen molar-refractivity contribution in [1.29, 1.82) is 0 Å². The molecule has 0 spiro atoms. The van der Waals surface area contributed by atoms with Crippen LogP contribution in [0.2, 0.25) is 0 Å². The van der Waals surface area contributed by atoms with E-state index in [9.17, 15) is 4.79 Å². The molecule has 39 heavy (non-hydrogen) atoms. The molecule has 0 amide bonds. The lowest BCUT2D eigenvalue weighted by atomic mass is 10.1. The summed E-state index contributed by atoms with van der Waals surface area (Å²) in [5.41, 5.74) is 0. The molecule has 1 fully saturated rings. The Labute approximate surface area is 234 Å². The average molecular weight is 568 g/mol. The number of nitrogens with one attached hydrogen (secondary N) is 1. The second-order valence-electron chi connectivity index (χ2n) is 8.69. The molecule has 1 rings (SSSR count). The van der Waals surface area contributed by atoms with Crippen molar-refractivity contribution in [3.63, 3.8) is 0 Å².